The molecule has 0 saturated heterocycles. The van der Waals surface area contributed by atoms with Crippen LogP contribution in [0.1, 0.15) is 32.3 Å². The van der Waals surface area contributed by atoms with Gasteiger partial charge in [-0.25, -0.2) is 8.42 Å². The highest BCUT2D eigenvalue weighted by atomic mass is 32.2. The smallest absolute Gasteiger partial charge is 0.184 e. The fraction of sp³-hybridized carbons (Fsp3) is 0.600. The van der Waals surface area contributed by atoms with E-state index in [4.69, 9.17) is 0 Å². The van der Waals surface area contributed by atoms with Gasteiger partial charge in [0, 0.05) is 0 Å². The minimum atomic E-state index is -3.45. The maximum Gasteiger partial charge on any atom is 0.184 e. The number of aliphatic hydroxyl groups is 1. The van der Waals surface area contributed by atoms with E-state index in [1.807, 2.05) is 13.8 Å². The van der Waals surface area contributed by atoms with E-state index in [2.05, 4.69) is 6.92 Å². The van der Waals surface area contributed by atoms with Crippen molar-refractivity contribution >= 4 is 9.84 Å². The Morgan fingerprint density at radius 2 is 1.68 bits per heavy atom. The minimum Gasteiger partial charge on any atom is -0.392 e. The first-order valence-corrected chi connectivity index (χ1v) is 8.35. The normalized spacial score (nSPS) is 32.2. The average molecular weight is 282 g/mol. The minimum absolute atomic E-state index is 0.00921. The third-order valence-corrected chi connectivity index (χ3v) is 6.49. The summed E-state index contributed by atoms with van der Waals surface area (Å²) in [5.74, 6) is 0.375. The molecule has 1 aliphatic rings. The number of rotatable bonds is 2. The molecule has 0 radical (unpaired) electrons. The summed E-state index contributed by atoms with van der Waals surface area (Å²) in [4.78, 5) is 0.323. The van der Waals surface area contributed by atoms with Gasteiger partial charge in [-0.05, 0) is 43.7 Å². The molecular weight excluding hydrogens is 260 g/mol. The topological polar surface area (TPSA) is 54.4 Å². The summed E-state index contributed by atoms with van der Waals surface area (Å²) in [6.07, 6.45) is 0.664. The van der Waals surface area contributed by atoms with Crippen molar-refractivity contribution in [1.29, 1.82) is 0 Å². The Morgan fingerprint density at radius 1 is 1.11 bits per heavy atom. The molecule has 1 N–H and O–H groups in total. The Hall–Kier alpha value is -0.870. The van der Waals surface area contributed by atoms with Crippen LogP contribution in [0.3, 0.4) is 0 Å². The van der Waals surface area contributed by atoms with Crippen LogP contribution in [0.2, 0.25) is 0 Å². The van der Waals surface area contributed by atoms with E-state index >= 15 is 0 Å². The highest BCUT2D eigenvalue weighted by molar-refractivity contribution is 7.92. The van der Waals surface area contributed by atoms with Gasteiger partial charge >= 0.3 is 0 Å². The first-order valence-electron chi connectivity index (χ1n) is 6.81. The lowest BCUT2D eigenvalue weighted by Gasteiger charge is -2.36. The summed E-state index contributed by atoms with van der Waals surface area (Å²) >= 11 is 0. The van der Waals surface area contributed by atoms with Crippen LogP contribution in [0.15, 0.2) is 29.2 Å². The number of hydrogen-bond donors (Lipinski definition) is 1. The standard InChI is InChI=1S/C15H22O3S/c1-10-4-6-13(7-5-10)19(17,18)15-12(3)8-11(2)9-14(15)16/h4-7,11-12,14-16H,8-9H2,1-3H3. The van der Waals surface area contributed by atoms with Gasteiger partial charge in [0.2, 0.25) is 0 Å². The summed E-state index contributed by atoms with van der Waals surface area (Å²) in [6.45, 7) is 5.92. The predicted octanol–water partition coefficient (Wildman–Crippen LogP) is 2.56. The third kappa shape index (κ3) is 2.84. The summed E-state index contributed by atoms with van der Waals surface area (Å²) in [6, 6.07) is 6.88. The molecule has 1 aliphatic carbocycles. The SMILES string of the molecule is Cc1ccc(S(=O)(=O)C2C(C)CC(C)CC2O)cc1. The molecule has 0 heterocycles. The van der Waals surface area contributed by atoms with Crippen LogP contribution in [-0.2, 0) is 9.84 Å². The van der Waals surface area contributed by atoms with E-state index in [1.54, 1.807) is 24.3 Å². The van der Waals surface area contributed by atoms with E-state index in [1.165, 1.54) is 0 Å². The number of hydrogen-bond acceptors (Lipinski definition) is 3. The fourth-order valence-corrected chi connectivity index (χ4v) is 5.27. The lowest BCUT2D eigenvalue weighted by atomic mass is 9.81. The van der Waals surface area contributed by atoms with E-state index in [9.17, 15) is 13.5 Å². The molecule has 4 unspecified atom stereocenters. The van der Waals surface area contributed by atoms with Crippen LogP contribution in [0, 0.1) is 18.8 Å². The molecule has 0 amide bonds. The zero-order valence-electron chi connectivity index (χ0n) is 11.7. The number of aliphatic hydroxyl groups excluding tert-OH is 1. The average Bonchev–Trinajstić information content (AvgIpc) is 2.27. The predicted molar refractivity (Wildman–Crippen MR) is 75.7 cm³/mol. The summed E-state index contributed by atoms with van der Waals surface area (Å²) in [5, 5.41) is 9.51. The van der Waals surface area contributed by atoms with Crippen LogP contribution >= 0.6 is 0 Å². The molecular formula is C15H22O3S. The lowest BCUT2D eigenvalue weighted by Crippen LogP contribution is -2.44. The zero-order valence-corrected chi connectivity index (χ0v) is 12.5. The van der Waals surface area contributed by atoms with Gasteiger partial charge in [-0.15, -0.1) is 0 Å². The van der Waals surface area contributed by atoms with Crippen molar-refractivity contribution in [2.24, 2.45) is 11.8 Å². The van der Waals surface area contributed by atoms with Crippen molar-refractivity contribution in [3.63, 3.8) is 0 Å². The lowest BCUT2D eigenvalue weighted by molar-refractivity contribution is 0.0843. The molecule has 4 atom stereocenters. The van der Waals surface area contributed by atoms with Crippen LogP contribution in [-0.4, -0.2) is 24.9 Å². The van der Waals surface area contributed by atoms with Crippen molar-refractivity contribution in [2.75, 3.05) is 0 Å². The molecule has 19 heavy (non-hydrogen) atoms. The van der Waals surface area contributed by atoms with Gasteiger partial charge in [0.15, 0.2) is 9.84 Å². The van der Waals surface area contributed by atoms with E-state index < -0.39 is 21.2 Å². The molecule has 1 saturated carbocycles. The van der Waals surface area contributed by atoms with Gasteiger partial charge < -0.3 is 5.11 Å². The van der Waals surface area contributed by atoms with Crippen LogP contribution < -0.4 is 0 Å². The quantitative estimate of drug-likeness (QED) is 0.907. The Balaban J connectivity index is 2.36. The van der Waals surface area contributed by atoms with E-state index in [-0.39, 0.29) is 5.92 Å². The van der Waals surface area contributed by atoms with Gasteiger partial charge in [-0.3, -0.25) is 0 Å². The van der Waals surface area contributed by atoms with Crippen molar-refractivity contribution in [1.82, 2.24) is 0 Å². The maximum atomic E-state index is 12.7. The molecule has 0 aromatic heterocycles. The van der Waals surface area contributed by atoms with Crippen molar-refractivity contribution in [3.8, 4) is 0 Å². The second-order valence-electron chi connectivity index (χ2n) is 5.94. The number of aryl methyl sites for hydroxylation is 1. The van der Waals surface area contributed by atoms with Gasteiger partial charge in [0.25, 0.3) is 0 Å². The van der Waals surface area contributed by atoms with Crippen LogP contribution in [0.25, 0.3) is 0 Å². The molecule has 1 aromatic rings. The Morgan fingerprint density at radius 3 is 2.21 bits per heavy atom. The number of benzene rings is 1. The van der Waals surface area contributed by atoms with Gasteiger partial charge in [0.05, 0.1) is 16.2 Å². The molecule has 106 valence electrons. The molecule has 4 heteroatoms. The number of sulfone groups is 1. The first-order chi connectivity index (χ1) is 8.82. The summed E-state index contributed by atoms with van der Waals surface area (Å²) in [5.41, 5.74) is 1.03. The second kappa shape index (κ2) is 5.25. The van der Waals surface area contributed by atoms with Gasteiger partial charge in [-0.1, -0.05) is 31.5 Å². The highest BCUT2D eigenvalue weighted by Gasteiger charge is 2.42. The summed E-state index contributed by atoms with van der Waals surface area (Å²) < 4.78 is 25.3. The van der Waals surface area contributed by atoms with Gasteiger partial charge in [0.1, 0.15) is 0 Å². The largest absolute Gasteiger partial charge is 0.392 e. The fourth-order valence-electron chi connectivity index (χ4n) is 3.19. The monoisotopic (exact) mass is 282 g/mol. The Kier molecular flexibility index (Phi) is 4.02. The van der Waals surface area contributed by atoms with Crippen LogP contribution in [0.4, 0.5) is 0 Å². The summed E-state index contributed by atoms with van der Waals surface area (Å²) in [7, 11) is -3.45. The third-order valence-electron chi connectivity index (χ3n) is 4.07. The molecule has 1 fully saturated rings. The first kappa shape index (κ1) is 14.5. The van der Waals surface area contributed by atoms with E-state index in [0.29, 0.717) is 17.2 Å². The Labute approximate surface area is 115 Å². The zero-order chi connectivity index (χ0) is 14.2. The molecule has 1 aromatic carbocycles. The molecule has 0 spiro atoms. The van der Waals surface area contributed by atoms with Crippen molar-refractivity contribution < 1.29 is 13.5 Å². The maximum absolute atomic E-state index is 12.7. The molecule has 0 bridgehead atoms. The van der Waals surface area contributed by atoms with Crippen molar-refractivity contribution in [2.45, 2.75) is 49.9 Å². The molecule has 2 rings (SSSR count). The highest BCUT2D eigenvalue weighted by Crippen LogP contribution is 2.36. The molecule has 0 aliphatic heterocycles. The second-order valence-corrected chi connectivity index (χ2v) is 8.05. The van der Waals surface area contributed by atoms with Gasteiger partial charge in [-0.2, -0.15) is 0 Å². The van der Waals surface area contributed by atoms with Crippen molar-refractivity contribution in [3.05, 3.63) is 29.8 Å². The Bertz CT molecular complexity index is 521. The van der Waals surface area contributed by atoms with Crippen LogP contribution in [0.5, 0.6) is 0 Å². The van der Waals surface area contributed by atoms with E-state index in [0.717, 1.165) is 12.0 Å². The molecule has 3 nitrogen and oxygen atoms in total.